The van der Waals surface area contributed by atoms with E-state index in [1.165, 1.54) is 25.7 Å². The maximum absolute atomic E-state index is 11.1. The van der Waals surface area contributed by atoms with Crippen LogP contribution in [0.5, 0.6) is 0 Å². The number of allylic oxidation sites excluding steroid dienone is 2. The first-order valence-corrected chi connectivity index (χ1v) is 10.1. The minimum absolute atomic E-state index is 0.152. The molecule has 3 nitrogen and oxygen atoms in total. The molecule has 0 spiro atoms. The molecule has 0 bridgehead atoms. The van der Waals surface area contributed by atoms with Crippen LogP contribution in [0.2, 0.25) is 0 Å². The first kappa shape index (κ1) is 17.1. The summed E-state index contributed by atoms with van der Waals surface area (Å²) in [6.45, 7) is 6.98. The summed E-state index contributed by atoms with van der Waals surface area (Å²) in [5.41, 5.74) is 8.20. The van der Waals surface area contributed by atoms with Crippen molar-refractivity contribution >= 4 is 0 Å². The number of aliphatic hydroxyl groups excluding tert-OH is 2. The Morgan fingerprint density at radius 2 is 1.75 bits per heavy atom. The van der Waals surface area contributed by atoms with E-state index < -0.39 is 12.2 Å². The number of hydrogen-bond acceptors (Lipinski definition) is 3. The van der Waals surface area contributed by atoms with Gasteiger partial charge in [-0.3, -0.25) is 0 Å². The lowest BCUT2D eigenvalue weighted by Gasteiger charge is -2.63. The molecular weight excluding hydrogens is 298 g/mol. The highest BCUT2D eigenvalue weighted by atomic mass is 16.3. The molecule has 136 valence electrons. The van der Waals surface area contributed by atoms with E-state index in [1.54, 1.807) is 5.57 Å². The van der Waals surface area contributed by atoms with Gasteiger partial charge in [-0.25, -0.2) is 0 Å². The van der Waals surface area contributed by atoms with Crippen molar-refractivity contribution in [2.75, 3.05) is 0 Å². The number of aliphatic hydroxyl groups is 2. The molecule has 0 aromatic carbocycles. The lowest BCUT2D eigenvalue weighted by atomic mass is 9.43. The van der Waals surface area contributed by atoms with Crippen molar-refractivity contribution < 1.29 is 10.2 Å². The van der Waals surface area contributed by atoms with Crippen LogP contribution in [0.4, 0.5) is 0 Å². The molecule has 24 heavy (non-hydrogen) atoms. The highest BCUT2D eigenvalue weighted by molar-refractivity contribution is 5.25. The molecule has 0 aliphatic heterocycles. The largest absolute Gasteiger partial charge is 0.390 e. The maximum atomic E-state index is 11.1. The highest BCUT2D eigenvalue weighted by Crippen LogP contribution is 2.67. The van der Waals surface area contributed by atoms with Gasteiger partial charge in [-0.05, 0) is 86.4 Å². The molecule has 4 aliphatic rings. The van der Waals surface area contributed by atoms with Crippen LogP contribution >= 0.6 is 0 Å². The van der Waals surface area contributed by atoms with E-state index in [9.17, 15) is 10.2 Å². The van der Waals surface area contributed by atoms with E-state index in [0.717, 1.165) is 19.3 Å². The Labute approximate surface area is 146 Å². The van der Waals surface area contributed by atoms with Gasteiger partial charge in [0.25, 0.3) is 0 Å². The first-order chi connectivity index (χ1) is 11.3. The van der Waals surface area contributed by atoms with E-state index in [1.807, 2.05) is 0 Å². The average molecular weight is 334 g/mol. The predicted octanol–water partition coefficient (Wildman–Crippen LogP) is 3.24. The third-order valence-electron chi connectivity index (χ3n) is 8.99. The van der Waals surface area contributed by atoms with Crippen molar-refractivity contribution in [3.05, 3.63) is 11.6 Å². The molecule has 4 N–H and O–H groups in total. The first-order valence-electron chi connectivity index (χ1n) is 10.1. The van der Waals surface area contributed by atoms with Crippen LogP contribution in [0, 0.1) is 34.5 Å². The van der Waals surface area contributed by atoms with E-state index in [0.29, 0.717) is 11.8 Å². The Hall–Kier alpha value is -0.380. The van der Waals surface area contributed by atoms with Gasteiger partial charge in [0, 0.05) is 6.04 Å². The highest BCUT2D eigenvalue weighted by Gasteiger charge is 2.63. The molecule has 4 rings (SSSR count). The monoisotopic (exact) mass is 333 g/mol. The van der Waals surface area contributed by atoms with Crippen LogP contribution in [-0.2, 0) is 0 Å². The molecule has 0 saturated heterocycles. The van der Waals surface area contributed by atoms with E-state index in [2.05, 4.69) is 26.8 Å². The molecule has 4 aliphatic carbocycles. The predicted molar refractivity (Wildman–Crippen MR) is 96.2 cm³/mol. The lowest BCUT2D eigenvalue weighted by molar-refractivity contribution is -0.210. The van der Waals surface area contributed by atoms with Gasteiger partial charge in [0.15, 0.2) is 0 Å². The summed E-state index contributed by atoms with van der Waals surface area (Å²) in [6, 6.07) is 0.191. The second-order valence-electron chi connectivity index (χ2n) is 9.73. The van der Waals surface area contributed by atoms with Gasteiger partial charge in [0.1, 0.15) is 0 Å². The van der Waals surface area contributed by atoms with Gasteiger partial charge in [0.2, 0.25) is 0 Å². The minimum atomic E-state index is -0.598. The second kappa shape index (κ2) is 5.56. The number of fused-ring (bicyclic) bond motifs is 5. The number of hydrogen-bond donors (Lipinski definition) is 3. The second-order valence-corrected chi connectivity index (χ2v) is 9.73. The molecule has 4 unspecified atom stereocenters. The molecule has 9 atom stereocenters. The molecule has 0 radical (unpaired) electrons. The third-order valence-corrected chi connectivity index (χ3v) is 8.99. The van der Waals surface area contributed by atoms with Gasteiger partial charge in [0.05, 0.1) is 12.2 Å². The zero-order valence-electron chi connectivity index (χ0n) is 15.5. The van der Waals surface area contributed by atoms with Crippen molar-refractivity contribution in [2.24, 2.45) is 40.2 Å². The summed E-state index contributed by atoms with van der Waals surface area (Å²) in [5.74, 6) is 1.50. The fourth-order valence-corrected chi connectivity index (χ4v) is 7.61. The normalized spacial score (nSPS) is 58.9. The Bertz CT molecular complexity index is 546. The fourth-order valence-electron chi connectivity index (χ4n) is 7.61. The Morgan fingerprint density at radius 3 is 2.46 bits per heavy atom. The van der Waals surface area contributed by atoms with Crippen molar-refractivity contribution in [2.45, 2.75) is 84.0 Å². The molecule has 0 aromatic rings. The zero-order valence-corrected chi connectivity index (χ0v) is 15.5. The van der Waals surface area contributed by atoms with Gasteiger partial charge < -0.3 is 15.9 Å². The molecule has 4 fully saturated rings. The lowest BCUT2D eigenvalue weighted by Crippen LogP contribution is -2.64. The molecule has 4 saturated carbocycles. The fraction of sp³-hybridized carbons (Fsp3) is 0.905. The summed E-state index contributed by atoms with van der Waals surface area (Å²) in [5, 5.41) is 22.1. The summed E-state index contributed by atoms with van der Waals surface area (Å²) in [7, 11) is 0. The SMILES string of the molecule is C/C=C1/CCC2C3C(CC[C@]12C)[C@@]1(C)CC[C@@H](N)CC1[C@@H](O)[C@@H]3O. The van der Waals surface area contributed by atoms with Crippen molar-refractivity contribution in [1.29, 1.82) is 0 Å². The van der Waals surface area contributed by atoms with E-state index >= 15 is 0 Å². The molecular formula is C21H35NO2. The Morgan fingerprint density at radius 1 is 1.00 bits per heavy atom. The number of rotatable bonds is 0. The summed E-state index contributed by atoms with van der Waals surface area (Å²) in [6.07, 6.45) is 9.01. The number of nitrogens with two attached hydrogens (primary N) is 1. The topological polar surface area (TPSA) is 66.5 Å². The van der Waals surface area contributed by atoms with Crippen LogP contribution in [-0.4, -0.2) is 28.5 Å². The third kappa shape index (κ3) is 2.07. The van der Waals surface area contributed by atoms with Crippen molar-refractivity contribution in [3.63, 3.8) is 0 Å². The smallest absolute Gasteiger partial charge is 0.0836 e. The maximum Gasteiger partial charge on any atom is 0.0836 e. The minimum Gasteiger partial charge on any atom is -0.390 e. The summed E-state index contributed by atoms with van der Waals surface area (Å²) < 4.78 is 0. The summed E-state index contributed by atoms with van der Waals surface area (Å²) in [4.78, 5) is 0. The summed E-state index contributed by atoms with van der Waals surface area (Å²) >= 11 is 0. The van der Waals surface area contributed by atoms with Gasteiger partial charge in [-0.15, -0.1) is 0 Å². The van der Waals surface area contributed by atoms with Crippen LogP contribution in [0.1, 0.15) is 65.7 Å². The van der Waals surface area contributed by atoms with E-state index in [-0.39, 0.29) is 28.7 Å². The van der Waals surface area contributed by atoms with E-state index in [4.69, 9.17) is 5.73 Å². The molecule has 0 heterocycles. The van der Waals surface area contributed by atoms with Crippen LogP contribution in [0.25, 0.3) is 0 Å². The quantitative estimate of drug-likeness (QED) is 0.596. The zero-order chi connectivity index (χ0) is 17.3. The van der Waals surface area contributed by atoms with Gasteiger partial charge in [-0.1, -0.05) is 25.5 Å². The molecule has 0 amide bonds. The van der Waals surface area contributed by atoms with Crippen LogP contribution in [0.3, 0.4) is 0 Å². The van der Waals surface area contributed by atoms with Crippen molar-refractivity contribution in [3.8, 4) is 0 Å². The Balaban J connectivity index is 1.73. The molecule has 0 aromatic heterocycles. The molecule has 3 heteroatoms. The van der Waals surface area contributed by atoms with Crippen LogP contribution in [0.15, 0.2) is 11.6 Å². The van der Waals surface area contributed by atoms with Gasteiger partial charge in [-0.2, -0.15) is 0 Å². The van der Waals surface area contributed by atoms with Crippen LogP contribution < -0.4 is 5.73 Å². The Kier molecular flexibility index (Phi) is 3.95. The standard InChI is InChI=1S/C21H35NO2/c1-4-12-5-6-14-17-15(8-10-20(12,14)2)21(3)9-7-13(22)11-16(21)18(23)19(17)24/h4,13-19,23-24H,5-11,22H2,1-3H3/b12-4-/t13-,14?,15?,16?,17?,18-,19-,20-,21-/m1/s1. The van der Waals surface area contributed by atoms with Gasteiger partial charge >= 0.3 is 0 Å². The average Bonchev–Trinajstić information content (AvgIpc) is 2.90. The van der Waals surface area contributed by atoms with Crippen molar-refractivity contribution in [1.82, 2.24) is 0 Å².